The number of carbonyl (C=O) groups excluding carboxylic acids is 1. The van der Waals surface area contributed by atoms with E-state index in [1.807, 2.05) is 6.92 Å². The van der Waals surface area contributed by atoms with Gasteiger partial charge in [-0.15, -0.1) is 0 Å². The van der Waals surface area contributed by atoms with E-state index in [1.165, 1.54) is 6.92 Å². The highest BCUT2D eigenvalue weighted by Crippen LogP contribution is 2.18. The lowest BCUT2D eigenvalue weighted by Gasteiger charge is -2.17. The second kappa shape index (κ2) is 4.24. The summed E-state index contributed by atoms with van der Waals surface area (Å²) in [6.45, 7) is 9.79. The van der Waals surface area contributed by atoms with E-state index in [0.29, 0.717) is 0 Å². The van der Waals surface area contributed by atoms with Gasteiger partial charge in [-0.25, -0.2) is 5.43 Å². The zero-order chi connectivity index (χ0) is 9.78. The van der Waals surface area contributed by atoms with Crippen LogP contribution in [0.3, 0.4) is 0 Å². The van der Waals surface area contributed by atoms with Crippen LogP contribution in [-0.4, -0.2) is 11.6 Å². The van der Waals surface area contributed by atoms with Crippen molar-refractivity contribution in [2.75, 3.05) is 0 Å². The van der Waals surface area contributed by atoms with E-state index in [9.17, 15) is 4.79 Å². The lowest BCUT2D eigenvalue weighted by atomic mass is 9.90. The van der Waals surface area contributed by atoms with E-state index < -0.39 is 0 Å². The maximum atomic E-state index is 10.5. The molecule has 3 nitrogen and oxygen atoms in total. The van der Waals surface area contributed by atoms with E-state index in [0.717, 1.165) is 12.1 Å². The molecule has 0 fully saturated rings. The first kappa shape index (κ1) is 11.1. The molecule has 0 aromatic rings. The molecule has 0 saturated carbocycles. The van der Waals surface area contributed by atoms with Crippen LogP contribution in [0.15, 0.2) is 5.10 Å². The van der Waals surface area contributed by atoms with Crippen LogP contribution in [0.2, 0.25) is 0 Å². The number of carbonyl (C=O) groups is 1. The second-order valence-corrected chi connectivity index (χ2v) is 4.25. The van der Waals surface area contributed by atoms with Crippen LogP contribution >= 0.6 is 0 Å². The van der Waals surface area contributed by atoms with Crippen molar-refractivity contribution < 1.29 is 4.79 Å². The average Bonchev–Trinajstić information content (AvgIpc) is 1.79. The fourth-order valence-electron chi connectivity index (χ4n) is 0.981. The van der Waals surface area contributed by atoms with Gasteiger partial charge in [-0.3, -0.25) is 4.79 Å². The Balaban J connectivity index is 3.95. The summed E-state index contributed by atoms with van der Waals surface area (Å²) in [6, 6.07) is 0. The SMILES string of the molecule is CC(=O)N/N=C(\C)CC(C)(C)C. The highest BCUT2D eigenvalue weighted by atomic mass is 16.2. The molecule has 0 radical (unpaired) electrons. The monoisotopic (exact) mass is 170 g/mol. The Morgan fingerprint density at radius 2 is 1.83 bits per heavy atom. The fraction of sp³-hybridized carbons (Fsp3) is 0.778. The number of hydrogen-bond donors (Lipinski definition) is 1. The van der Waals surface area contributed by atoms with Crippen molar-refractivity contribution in [3.63, 3.8) is 0 Å². The van der Waals surface area contributed by atoms with E-state index in [4.69, 9.17) is 0 Å². The number of amides is 1. The van der Waals surface area contributed by atoms with Crippen molar-refractivity contribution >= 4 is 11.6 Å². The molecule has 12 heavy (non-hydrogen) atoms. The first-order valence-corrected chi connectivity index (χ1v) is 4.11. The molecular formula is C9H18N2O. The minimum Gasteiger partial charge on any atom is -0.274 e. The molecule has 0 rings (SSSR count). The number of rotatable bonds is 2. The summed E-state index contributed by atoms with van der Waals surface area (Å²) < 4.78 is 0. The Hall–Kier alpha value is -0.860. The lowest BCUT2D eigenvalue weighted by molar-refractivity contribution is -0.118. The van der Waals surface area contributed by atoms with E-state index in [1.54, 1.807) is 0 Å². The molecule has 0 atom stereocenters. The third-order valence-corrected chi connectivity index (χ3v) is 1.19. The third kappa shape index (κ3) is 7.25. The van der Waals surface area contributed by atoms with Crippen LogP contribution in [0, 0.1) is 5.41 Å². The van der Waals surface area contributed by atoms with Gasteiger partial charge in [0.15, 0.2) is 0 Å². The van der Waals surface area contributed by atoms with Gasteiger partial charge in [0, 0.05) is 12.6 Å². The molecule has 1 amide bonds. The zero-order valence-corrected chi connectivity index (χ0v) is 8.56. The number of nitrogens with zero attached hydrogens (tertiary/aromatic N) is 1. The highest BCUT2D eigenvalue weighted by molar-refractivity contribution is 5.84. The van der Waals surface area contributed by atoms with Crippen molar-refractivity contribution in [1.82, 2.24) is 5.43 Å². The summed E-state index contributed by atoms with van der Waals surface area (Å²) in [5.41, 5.74) is 3.60. The molecule has 0 aliphatic carbocycles. The molecular weight excluding hydrogens is 152 g/mol. The van der Waals surface area contributed by atoms with Gasteiger partial charge in [0.1, 0.15) is 0 Å². The van der Waals surface area contributed by atoms with Gasteiger partial charge in [-0.2, -0.15) is 5.10 Å². The van der Waals surface area contributed by atoms with Gasteiger partial charge >= 0.3 is 0 Å². The van der Waals surface area contributed by atoms with Crippen molar-refractivity contribution in [2.24, 2.45) is 10.5 Å². The van der Waals surface area contributed by atoms with Gasteiger partial charge in [0.25, 0.3) is 0 Å². The Bertz CT molecular complexity index is 189. The van der Waals surface area contributed by atoms with Gasteiger partial charge < -0.3 is 0 Å². The summed E-state index contributed by atoms with van der Waals surface area (Å²) >= 11 is 0. The first-order chi connectivity index (χ1) is 5.31. The molecule has 0 bridgehead atoms. The predicted molar refractivity (Wildman–Crippen MR) is 51.0 cm³/mol. The van der Waals surface area contributed by atoms with Gasteiger partial charge in [0.05, 0.1) is 0 Å². The average molecular weight is 170 g/mol. The molecule has 1 N–H and O–H groups in total. The van der Waals surface area contributed by atoms with Crippen molar-refractivity contribution in [2.45, 2.75) is 41.0 Å². The molecule has 0 spiro atoms. The smallest absolute Gasteiger partial charge is 0.236 e. The molecule has 0 heterocycles. The molecule has 70 valence electrons. The van der Waals surface area contributed by atoms with Gasteiger partial charge in [-0.05, 0) is 18.8 Å². The highest BCUT2D eigenvalue weighted by Gasteiger charge is 2.11. The Labute approximate surface area is 74.2 Å². The predicted octanol–water partition coefficient (Wildman–Crippen LogP) is 1.93. The number of nitrogens with one attached hydrogen (secondary N) is 1. The largest absolute Gasteiger partial charge is 0.274 e. The van der Waals surface area contributed by atoms with Crippen molar-refractivity contribution in [1.29, 1.82) is 0 Å². The van der Waals surface area contributed by atoms with Gasteiger partial charge in [0.2, 0.25) is 5.91 Å². The second-order valence-electron chi connectivity index (χ2n) is 4.25. The minimum atomic E-state index is -0.122. The zero-order valence-electron chi connectivity index (χ0n) is 8.56. The normalized spacial score (nSPS) is 12.9. The summed E-state index contributed by atoms with van der Waals surface area (Å²) in [7, 11) is 0. The summed E-state index contributed by atoms with van der Waals surface area (Å²) in [6.07, 6.45) is 0.896. The third-order valence-electron chi connectivity index (χ3n) is 1.19. The van der Waals surface area contributed by atoms with Crippen LogP contribution < -0.4 is 5.43 Å². The molecule has 0 aliphatic rings. The molecule has 3 heteroatoms. The Kier molecular flexibility index (Phi) is 3.93. The van der Waals surface area contributed by atoms with Crippen LogP contribution in [0.5, 0.6) is 0 Å². The number of hydrazone groups is 1. The van der Waals surface area contributed by atoms with E-state index in [2.05, 4.69) is 31.3 Å². The topological polar surface area (TPSA) is 41.5 Å². The summed E-state index contributed by atoms with van der Waals surface area (Å²) in [5, 5.41) is 3.93. The fourth-order valence-corrected chi connectivity index (χ4v) is 0.981. The molecule has 0 aromatic heterocycles. The Morgan fingerprint density at radius 3 is 2.17 bits per heavy atom. The lowest BCUT2D eigenvalue weighted by Crippen LogP contribution is -2.17. The van der Waals surface area contributed by atoms with Crippen LogP contribution in [-0.2, 0) is 4.79 Å². The van der Waals surface area contributed by atoms with Crippen LogP contribution in [0.4, 0.5) is 0 Å². The van der Waals surface area contributed by atoms with E-state index >= 15 is 0 Å². The molecule has 0 unspecified atom stereocenters. The maximum absolute atomic E-state index is 10.5. The van der Waals surface area contributed by atoms with Gasteiger partial charge in [-0.1, -0.05) is 20.8 Å². The minimum absolute atomic E-state index is 0.122. The maximum Gasteiger partial charge on any atom is 0.236 e. The summed E-state index contributed by atoms with van der Waals surface area (Å²) in [4.78, 5) is 10.5. The first-order valence-electron chi connectivity index (χ1n) is 4.11. The van der Waals surface area contributed by atoms with Crippen molar-refractivity contribution in [3.05, 3.63) is 0 Å². The summed E-state index contributed by atoms with van der Waals surface area (Å²) in [5.74, 6) is -0.122. The number of hydrogen-bond acceptors (Lipinski definition) is 2. The molecule has 0 aliphatic heterocycles. The standard InChI is InChI=1S/C9H18N2O/c1-7(6-9(3,4)5)10-11-8(2)12/h6H2,1-5H3,(H,11,12)/b10-7+. The van der Waals surface area contributed by atoms with Crippen LogP contribution in [0.25, 0.3) is 0 Å². The van der Waals surface area contributed by atoms with Crippen molar-refractivity contribution in [3.8, 4) is 0 Å². The Morgan fingerprint density at radius 1 is 1.33 bits per heavy atom. The quantitative estimate of drug-likeness (QED) is 0.499. The molecule has 0 aromatic carbocycles. The van der Waals surface area contributed by atoms with Crippen LogP contribution in [0.1, 0.15) is 41.0 Å². The van der Waals surface area contributed by atoms with E-state index in [-0.39, 0.29) is 11.3 Å². The molecule has 0 saturated heterocycles.